The molecule has 0 saturated heterocycles. The molecule has 0 aromatic heterocycles. The first kappa shape index (κ1) is 34.5. The van der Waals surface area contributed by atoms with Gasteiger partial charge in [0.25, 0.3) is 0 Å². The van der Waals surface area contributed by atoms with E-state index in [4.69, 9.17) is 0 Å². The van der Waals surface area contributed by atoms with Gasteiger partial charge in [0.15, 0.2) is 0 Å². The maximum atomic E-state index is 2.63. The lowest BCUT2D eigenvalue weighted by Gasteiger charge is -2.30. The predicted octanol–water partition coefficient (Wildman–Crippen LogP) is 17.5. The number of hydrogen-bond donors (Lipinski definition) is 0. The molecular weight excluding hydrogens is 769 g/mol. The van der Waals surface area contributed by atoms with Crippen molar-refractivity contribution in [2.75, 3.05) is 0 Å². The van der Waals surface area contributed by atoms with E-state index in [1.54, 1.807) is 0 Å². The van der Waals surface area contributed by atoms with Crippen molar-refractivity contribution in [1.82, 2.24) is 0 Å². The van der Waals surface area contributed by atoms with Crippen LogP contribution in [0.4, 0.5) is 0 Å². The summed E-state index contributed by atoms with van der Waals surface area (Å²) in [6.07, 6.45) is 9.06. The van der Waals surface area contributed by atoms with Crippen molar-refractivity contribution in [3.05, 3.63) is 223 Å². The van der Waals surface area contributed by atoms with E-state index in [0.717, 1.165) is 12.8 Å². The Hall–Kier alpha value is -8.06. The van der Waals surface area contributed by atoms with Gasteiger partial charge in [0.05, 0.1) is 0 Å². The predicted molar refractivity (Wildman–Crippen MR) is 275 cm³/mol. The molecule has 0 bridgehead atoms. The Labute approximate surface area is 370 Å². The molecule has 0 fully saturated rings. The van der Waals surface area contributed by atoms with Crippen molar-refractivity contribution >= 4 is 91.8 Å². The van der Waals surface area contributed by atoms with E-state index in [9.17, 15) is 0 Å². The number of benzene rings is 13. The van der Waals surface area contributed by atoms with Crippen LogP contribution in [0.2, 0.25) is 0 Å². The van der Waals surface area contributed by atoms with Gasteiger partial charge in [0.1, 0.15) is 0 Å². The quantitative estimate of drug-likeness (QED) is 0.123. The molecule has 0 unspecified atom stereocenters. The average Bonchev–Trinajstić information content (AvgIpc) is 3.36. The standard InChI is InChI=1S/C64H38/c1-5-15-37(16-6-1)55-48-34-45-29-27-41-23-13-24-43-31-32-47(59(45)53(41)43)61(48)62-50-35-46-30-28-42-25-14-26-44-33-49-56(38-17-7-2-8-18-38)58(40-21-11-4-12-22-40)52(63(50)64(49)60(46)54(42)44)36-51(62)57(55)39-19-9-3-10-20-39/h1-25,27-29,31-36H,26,30H2. The molecule has 0 radical (unpaired) electrons. The van der Waals surface area contributed by atoms with Crippen LogP contribution in [0.25, 0.3) is 136 Å². The lowest BCUT2D eigenvalue weighted by Crippen LogP contribution is -2.07. The van der Waals surface area contributed by atoms with Crippen LogP contribution in [0.3, 0.4) is 0 Å². The third kappa shape index (κ3) is 4.52. The van der Waals surface area contributed by atoms with Gasteiger partial charge >= 0.3 is 0 Å². The molecule has 0 nitrogen and oxygen atoms in total. The maximum absolute atomic E-state index is 2.63. The average molecular weight is 807 g/mol. The fourth-order valence-electron chi connectivity index (χ4n) is 12.4. The van der Waals surface area contributed by atoms with Crippen molar-refractivity contribution in [3.8, 4) is 44.5 Å². The van der Waals surface area contributed by atoms with Crippen LogP contribution in [0.5, 0.6) is 0 Å². The summed E-state index contributed by atoms with van der Waals surface area (Å²) < 4.78 is 0. The minimum absolute atomic E-state index is 0.902. The summed E-state index contributed by atoms with van der Waals surface area (Å²) in [5, 5.41) is 21.4. The lowest BCUT2D eigenvalue weighted by molar-refractivity contribution is 1.21. The van der Waals surface area contributed by atoms with E-state index >= 15 is 0 Å². The van der Waals surface area contributed by atoms with Gasteiger partial charge in [-0.25, -0.2) is 0 Å². The van der Waals surface area contributed by atoms with E-state index in [2.05, 4.69) is 206 Å². The molecule has 0 saturated carbocycles. The molecule has 0 spiro atoms. The van der Waals surface area contributed by atoms with Crippen LogP contribution in [0.15, 0.2) is 206 Å². The van der Waals surface area contributed by atoms with Crippen LogP contribution in [-0.4, -0.2) is 0 Å². The smallest absolute Gasteiger partial charge is 0.00106 e. The first-order valence-electron chi connectivity index (χ1n) is 22.7. The topological polar surface area (TPSA) is 0 Å². The summed E-state index contributed by atoms with van der Waals surface area (Å²) in [6, 6.07) is 71.4. The lowest BCUT2D eigenvalue weighted by atomic mass is 9.73. The summed E-state index contributed by atoms with van der Waals surface area (Å²) in [7, 11) is 0. The molecule has 294 valence electrons. The summed E-state index contributed by atoms with van der Waals surface area (Å²) in [5.74, 6) is 0. The highest BCUT2D eigenvalue weighted by molar-refractivity contribution is 6.44. The van der Waals surface area contributed by atoms with Gasteiger partial charge in [-0.05, 0) is 190 Å². The van der Waals surface area contributed by atoms with Crippen LogP contribution in [0.1, 0.15) is 16.7 Å². The number of fused-ring (bicyclic) bond motifs is 5. The summed E-state index contributed by atoms with van der Waals surface area (Å²) in [4.78, 5) is 0. The highest BCUT2D eigenvalue weighted by Gasteiger charge is 2.31. The molecular formula is C64H38. The zero-order valence-electron chi connectivity index (χ0n) is 35.0. The highest BCUT2D eigenvalue weighted by Crippen LogP contribution is 2.57. The van der Waals surface area contributed by atoms with Gasteiger partial charge in [-0.15, -0.1) is 0 Å². The molecule has 2 aliphatic carbocycles. The molecule has 15 rings (SSSR count). The zero-order chi connectivity index (χ0) is 41.6. The van der Waals surface area contributed by atoms with Crippen molar-refractivity contribution in [2.45, 2.75) is 12.8 Å². The maximum Gasteiger partial charge on any atom is -0.00106 e. The third-order valence-electron chi connectivity index (χ3n) is 14.9. The molecule has 64 heavy (non-hydrogen) atoms. The van der Waals surface area contributed by atoms with Crippen LogP contribution in [0, 0.1) is 0 Å². The second-order valence-electron chi connectivity index (χ2n) is 18.1. The zero-order valence-corrected chi connectivity index (χ0v) is 35.0. The van der Waals surface area contributed by atoms with Crippen molar-refractivity contribution < 1.29 is 0 Å². The molecule has 0 heteroatoms. The molecule has 2 aliphatic rings. The molecule has 13 aromatic rings. The van der Waals surface area contributed by atoms with Crippen LogP contribution < -0.4 is 0 Å². The fourth-order valence-corrected chi connectivity index (χ4v) is 12.4. The second-order valence-corrected chi connectivity index (χ2v) is 18.1. The first-order valence-corrected chi connectivity index (χ1v) is 22.7. The largest absolute Gasteiger partial charge is 0.0795 e. The first-order chi connectivity index (χ1) is 31.8. The van der Waals surface area contributed by atoms with Crippen LogP contribution >= 0.6 is 0 Å². The SMILES string of the molecule is C1=CC2=CCc3cc4c5c(cc6c(-c7ccccc7)c(-c7ccccc7)c7cc8ccc9cccc%10ccc(c8c9%10)c7c64)c(-c4ccccc4)c(-c4ccccc4)c4cc(c2c3c45)C1. The van der Waals surface area contributed by atoms with E-state index < -0.39 is 0 Å². The van der Waals surface area contributed by atoms with Gasteiger partial charge in [0, 0.05) is 0 Å². The van der Waals surface area contributed by atoms with Crippen molar-refractivity contribution in [2.24, 2.45) is 0 Å². The molecule has 0 aliphatic heterocycles. The fraction of sp³-hybridized carbons (Fsp3) is 0.0312. The van der Waals surface area contributed by atoms with Crippen molar-refractivity contribution in [3.63, 3.8) is 0 Å². The van der Waals surface area contributed by atoms with Gasteiger partial charge in [-0.1, -0.05) is 182 Å². The third-order valence-corrected chi connectivity index (χ3v) is 14.9. The van der Waals surface area contributed by atoms with E-state index in [1.165, 1.54) is 153 Å². The van der Waals surface area contributed by atoms with E-state index in [1.807, 2.05) is 0 Å². The number of rotatable bonds is 4. The normalized spacial score (nSPS) is 13.5. The summed E-state index contributed by atoms with van der Waals surface area (Å²) >= 11 is 0. The Morgan fingerprint density at radius 2 is 0.750 bits per heavy atom. The molecule has 13 aromatic carbocycles. The van der Waals surface area contributed by atoms with Gasteiger partial charge in [0.2, 0.25) is 0 Å². The van der Waals surface area contributed by atoms with Gasteiger partial charge < -0.3 is 0 Å². The summed E-state index contributed by atoms with van der Waals surface area (Å²) in [6.45, 7) is 0. The molecule has 0 amide bonds. The highest BCUT2D eigenvalue weighted by atomic mass is 14.3. The Bertz CT molecular complexity index is 4160. The monoisotopic (exact) mass is 806 g/mol. The number of allylic oxidation sites excluding steroid dienone is 4. The van der Waals surface area contributed by atoms with Gasteiger partial charge in [-0.3, -0.25) is 0 Å². The Morgan fingerprint density at radius 3 is 1.34 bits per heavy atom. The summed E-state index contributed by atoms with van der Waals surface area (Å²) in [5.41, 5.74) is 15.8. The van der Waals surface area contributed by atoms with E-state index in [-0.39, 0.29) is 0 Å². The Morgan fingerprint density at radius 1 is 0.266 bits per heavy atom. The van der Waals surface area contributed by atoms with Crippen molar-refractivity contribution in [1.29, 1.82) is 0 Å². The van der Waals surface area contributed by atoms with Crippen LogP contribution in [-0.2, 0) is 12.8 Å². The molecule has 0 N–H and O–H groups in total. The minimum Gasteiger partial charge on any atom is -0.0795 e. The molecule has 0 heterocycles. The Kier molecular flexibility index (Phi) is 6.88. The Balaban J connectivity index is 1.29. The second kappa shape index (κ2) is 12.8. The van der Waals surface area contributed by atoms with E-state index in [0.29, 0.717) is 0 Å². The molecule has 0 atom stereocenters. The number of hydrogen-bond acceptors (Lipinski definition) is 0. The minimum atomic E-state index is 0.902. The van der Waals surface area contributed by atoms with Gasteiger partial charge in [-0.2, -0.15) is 0 Å².